The second-order valence-corrected chi connectivity index (χ2v) is 5.48. The summed E-state index contributed by atoms with van der Waals surface area (Å²) in [6, 6.07) is 4.27. The normalized spacial score (nSPS) is 22.7. The number of aryl methyl sites for hydroxylation is 2. The van der Waals surface area contributed by atoms with Crippen LogP contribution < -0.4 is 10.1 Å². The molecule has 19 heavy (non-hydrogen) atoms. The molecule has 0 aromatic heterocycles. The van der Waals surface area contributed by atoms with Crippen LogP contribution in [0.4, 0.5) is 0 Å². The van der Waals surface area contributed by atoms with Gasteiger partial charge in [0.05, 0.1) is 12.2 Å². The van der Waals surface area contributed by atoms with Crippen molar-refractivity contribution in [1.29, 1.82) is 0 Å². The van der Waals surface area contributed by atoms with Gasteiger partial charge in [-0.3, -0.25) is 0 Å². The van der Waals surface area contributed by atoms with Crippen LogP contribution in [0.1, 0.15) is 29.5 Å². The summed E-state index contributed by atoms with van der Waals surface area (Å²) < 4.78 is 12.0. The fourth-order valence-corrected chi connectivity index (χ4v) is 2.60. The van der Waals surface area contributed by atoms with Gasteiger partial charge in [-0.25, -0.2) is 0 Å². The van der Waals surface area contributed by atoms with Gasteiger partial charge in [-0.2, -0.15) is 0 Å². The fraction of sp³-hybridized carbons (Fsp3) is 0.625. The maximum atomic E-state index is 6.01. The molecule has 1 N–H and O–H groups in total. The quantitative estimate of drug-likeness (QED) is 0.886. The molecule has 1 heterocycles. The zero-order valence-electron chi connectivity index (χ0n) is 12.5. The summed E-state index contributed by atoms with van der Waals surface area (Å²) >= 11 is 0. The molecule has 0 amide bonds. The number of ether oxygens (including phenoxy) is 2. The highest BCUT2D eigenvalue weighted by Gasteiger charge is 2.25. The van der Waals surface area contributed by atoms with Crippen molar-refractivity contribution in [3.63, 3.8) is 0 Å². The van der Waals surface area contributed by atoms with Crippen molar-refractivity contribution in [2.45, 2.75) is 45.8 Å². The van der Waals surface area contributed by atoms with Gasteiger partial charge in [-0.15, -0.1) is 0 Å². The Morgan fingerprint density at radius 3 is 2.58 bits per heavy atom. The van der Waals surface area contributed by atoms with Gasteiger partial charge in [0.2, 0.25) is 0 Å². The van der Waals surface area contributed by atoms with Crippen molar-refractivity contribution in [2.75, 3.05) is 20.2 Å². The Morgan fingerprint density at radius 1 is 1.16 bits per heavy atom. The lowest BCUT2D eigenvalue weighted by Crippen LogP contribution is -2.26. The highest BCUT2D eigenvalue weighted by molar-refractivity contribution is 5.44. The van der Waals surface area contributed by atoms with Crippen LogP contribution in [0.25, 0.3) is 0 Å². The summed E-state index contributed by atoms with van der Waals surface area (Å²) in [5, 5.41) is 3.16. The topological polar surface area (TPSA) is 30.5 Å². The van der Waals surface area contributed by atoms with Gasteiger partial charge in [0.25, 0.3) is 0 Å². The summed E-state index contributed by atoms with van der Waals surface area (Å²) in [4.78, 5) is 0. The van der Waals surface area contributed by atoms with E-state index < -0.39 is 0 Å². The number of likely N-dealkylation sites (N-methyl/N-ethyl adjacent to an activating group) is 1. The molecule has 1 fully saturated rings. The molecule has 1 aromatic rings. The lowest BCUT2D eigenvalue weighted by Gasteiger charge is -2.17. The number of rotatable bonds is 5. The molecule has 2 unspecified atom stereocenters. The molecule has 1 aliphatic heterocycles. The van der Waals surface area contributed by atoms with Crippen LogP contribution in [-0.4, -0.2) is 32.4 Å². The summed E-state index contributed by atoms with van der Waals surface area (Å²) in [5.74, 6) is 1.03. The molecule has 1 aromatic carbocycles. The summed E-state index contributed by atoms with van der Waals surface area (Å²) in [6.07, 6.45) is 2.80. The lowest BCUT2D eigenvalue weighted by atomic mass is 10.1. The Balaban J connectivity index is 1.91. The maximum Gasteiger partial charge on any atom is 0.125 e. The molecule has 1 aliphatic rings. The highest BCUT2D eigenvalue weighted by Crippen LogP contribution is 2.27. The van der Waals surface area contributed by atoms with E-state index in [0.717, 1.165) is 25.1 Å². The second-order valence-electron chi connectivity index (χ2n) is 5.48. The zero-order valence-corrected chi connectivity index (χ0v) is 12.5. The third-order valence-corrected chi connectivity index (χ3v) is 3.91. The van der Waals surface area contributed by atoms with Crippen molar-refractivity contribution < 1.29 is 9.47 Å². The van der Waals surface area contributed by atoms with Gasteiger partial charge in [-0.1, -0.05) is 12.1 Å². The lowest BCUT2D eigenvalue weighted by molar-refractivity contribution is 0.0191. The van der Waals surface area contributed by atoms with Gasteiger partial charge in [0.15, 0.2) is 0 Å². The van der Waals surface area contributed by atoms with E-state index in [9.17, 15) is 0 Å². The van der Waals surface area contributed by atoms with E-state index in [1.165, 1.54) is 16.7 Å². The minimum Gasteiger partial charge on any atom is -0.490 e. The van der Waals surface area contributed by atoms with E-state index in [1.54, 1.807) is 0 Å². The Morgan fingerprint density at radius 2 is 1.84 bits per heavy atom. The Kier molecular flexibility index (Phi) is 4.83. The van der Waals surface area contributed by atoms with E-state index in [4.69, 9.17) is 9.47 Å². The van der Waals surface area contributed by atoms with Crippen LogP contribution in [0.5, 0.6) is 5.75 Å². The number of hydrogen-bond donors (Lipinski definition) is 1. The third-order valence-electron chi connectivity index (χ3n) is 3.91. The summed E-state index contributed by atoms with van der Waals surface area (Å²) in [6.45, 7) is 7.93. The number of nitrogens with one attached hydrogen (secondary N) is 1. The van der Waals surface area contributed by atoms with Crippen molar-refractivity contribution in [2.24, 2.45) is 0 Å². The average molecular weight is 263 g/mol. The van der Waals surface area contributed by atoms with E-state index in [2.05, 4.69) is 38.2 Å². The first-order chi connectivity index (χ1) is 9.11. The van der Waals surface area contributed by atoms with Crippen LogP contribution in [0.3, 0.4) is 0 Å². The van der Waals surface area contributed by atoms with Crippen LogP contribution >= 0.6 is 0 Å². The highest BCUT2D eigenvalue weighted by atomic mass is 16.5. The van der Waals surface area contributed by atoms with Gasteiger partial charge >= 0.3 is 0 Å². The second kappa shape index (κ2) is 6.40. The predicted octanol–water partition coefficient (Wildman–Crippen LogP) is 2.76. The Hall–Kier alpha value is -1.06. The van der Waals surface area contributed by atoms with E-state index in [-0.39, 0.29) is 6.10 Å². The summed E-state index contributed by atoms with van der Waals surface area (Å²) in [5.41, 5.74) is 3.72. The number of hydrogen-bond acceptors (Lipinski definition) is 3. The minimum atomic E-state index is 0.234. The van der Waals surface area contributed by atoms with E-state index >= 15 is 0 Å². The molecule has 0 bridgehead atoms. The molecule has 0 radical (unpaired) electrons. The largest absolute Gasteiger partial charge is 0.490 e. The molecule has 1 saturated heterocycles. The first-order valence-electron chi connectivity index (χ1n) is 7.11. The SMILES string of the molecule is CNCC1CCC(COc2c(C)ccc(C)c2C)O1. The molecule has 0 spiro atoms. The molecule has 3 heteroatoms. The van der Waals surface area contributed by atoms with Crippen molar-refractivity contribution >= 4 is 0 Å². The van der Waals surface area contributed by atoms with E-state index in [0.29, 0.717) is 12.7 Å². The molecule has 0 saturated carbocycles. The minimum absolute atomic E-state index is 0.234. The van der Waals surface area contributed by atoms with Gasteiger partial charge in [-0.05, 0) is 57.4 Å². The van der Waals surface area contributed by atoms with Gasteiger partial charge in [0.1, 0.15) is 12.4 Å². The third kappa shape index (κ3) is 3.48. The first kappa shape index (κ1) is 14.4. The zero-order chi connectivity index (χ0) is 13.8. The van der Waals surface area contributed by atoms with Crippen LogP contribution in [0.2, 0.25) is 0 Å². The number of benzene rings is 1. The molecule has 106 valence electrons. The molecule has 2 rings (SSSR count). The van der Waals surface area contributed by atoms with Crippen LogP contribution in [0, 0.1) is 20.8 Å². The fourth-order valence-electron chi connectivity index (χ4n) is 2.60. The predicted molar refractivity (Wildman–Crippen MR) is 78.0 cm³/mol. The standard InChI is InChI=1S/C16H25NO2/c1-11-5-6-12(2)16(13(11)3)18-10-15-8-7-14(19-15)9-17-4/h5-6,14-15,17H,7-10H2,1-4H3. The molecule has 2 atom stereocenters. The average Bonchev–Trinajstić information content (AvgIpc) is 2.82. The molecular weight excluding hydrogens is 238 g/mol. The summed E-state index contributed by atoms with van der Waals surface area (Å²) in [7, 11) is 1.96. The smallest absolute Gasteiger partial charge is 0.125 e. The van der Waals surface area contributed by atoms with E-state index in [1.807, 2.05) is 7.05 Å². The van der Waals surface area contributed by atoms with Gasteiger partial charge < -0.3 is 14.8 Å². The van der Waals surface area contributed by atoms with Crippen molar-refractivity contribution in [3.8, 4) is 5.75 Å². The first-order valence-corrected chi connectivity index (χ1v) is 7.11. The van der Waals surface area contributed by atoms with Crippen LogP contribution in [0.15, 0.2) is 12.1 Å². The molecular formula is C16H25NO2. The molecule has 3 nitrogen and oxygen atoms in total. The monoisotopic (exact) mass is 263 g/mol. The Labute approximate surface area is 116 Å². The maximum absolute atomic E-state index is 6.01. The van der Waals surface area contributed by atoms with Gasteiger partial charge in [0, 0.05) is 6.54 Å². The van der Waals surface area contributed by atoms with Crippen molar-refractivity contribution in [3.05, 3.63) is 28.8 Å². The Bertz CT molecular complexity index is 431. The van der Waals surface area contributed by atoms with Crippen molar-refractivity contribution in [1.82, 2.24) is 5.32 Å². The molecule has 0 aliphatic carbocycles. The van der Waals surface area contributed by atoms with Crippen LogP contribution in [-0.2, 0) is 4.74 Å².